The number of carbonyl (C=O) groups is 1. The van der Waals surface area contributed by atoms with Crippen LogP contribution in [-0.2, 0) is 0 Å². The van der Waals surface area contributed by atoms with Crippen LogP contribution < -0.4 is 5.32 Å². The monoisotopic (exact) mass is 253 g/mol. The van der Waals surface area contributed by atoms with Crippen LogP contribution in [0.3, 0.4) is 0 Å². The standard InChI is InChI=1S/C12H19N3OS/c1-9-3-6-15(7-4-9)12(16)14-10(2)11-13-5-8-17-11/h5,8-10H,3-4,6-7H2,1-2H3,(H,14,16). The number of rotatable bonds is 2. The SMILES string of the molecule is CC1CCN(C(=O)NC(C)c2nccs2)CC1. The maximum absolute atomic E-state index is 12.0. The maximum Gasteiger partial charge on any atom is 0.317 e. The van der Waals surface area contributed by atoms with Crippen molar-refractivity contribution in [2.75, 3.05) is 13.1 Å². The van der Waals surface area contributed by atoms with Crippen molar-refractivity contribution in [3.05, 3.63) is 16.6 Å². The van der Waals surface area contributed by atoms with Gasteiger partial charge in [-0.25, -0.2) is 9.78 Å². The molecule has 1 atom stereocenters. The summed E-state index contributed by atoms with van der Waals surface area (Å²) in [7, 11) is 0. The molecule has 2 amide bonds. The third-order valence-corrected chi connectivity index (χ3v) is 4.19. The fourth-order valence-corrected chi connectivity index (χ4v) is 2.64. The van der Waals surface area contributed by atoms with E-state index >= 15 is 0 Å². The minimum absolute atomic E-state index is 0.00171. The molecular formula is C12H19N3OS. The Bertz CT molecular complexity index is 358. The predicted octanol–water partition coefficient (Wildman–Crippen LogP) is 2.65. The van der Waals surface area contributed by atoms with Gasteiger partial charge in [0.05, 0.1) is 6.04 Å². The summed E-state index contributed by atoms with van der Waals surface area (Å²) < 4.78 is 0. The van der Waals surface area contributed by atoms with E-state index in [2.05, 4.69) is 17.2 Å². The lowest BCUT2D eigenvalue weighted by Gasteiger charge is -2.31. The van der Waals surface area contributed by atoms with E-state index in [1.165, 1.54) is 0 Å². The molecule has 2 rings (SSSR count). The molecule has 0 saturated carbocycles. The largest absolute Gasteiger partial charge is 0.329 e. The molecular weight excluding hydrogens is 234 g/mol. The Labute approximate surface area is 106 Å². The minimum atomic E-state index is 0.00171. The lowest BCUT2D eigenvalue weighted by atomic mass is 10.00. The zero-order valence-corrected chi connectivity index (χ0v) is 11.2. The molecule has 1 unspecified atom stereocenters. The van der Waals surface area contributed by atoms with Gasteiger partial charge < -0.3 is 10.2 Å². The van der Waals surface area contributed by atoms with Gasteiger partial charge in [0.1, 0.15) is 5.01 Å². The van der Waals surface area contributed by atoms with E-state index in [0.717, 1.165) is 36.9 Å². The molecule has 5 heteroatoms. The van der Waals surface area contributed by atoms with Crippen LogP contribution >= 0.6 is 11.3 Å². The highest BCUT2D eigenvalue weighted by Crippen LogP contribution is 2.18. The van der Waals surface area contributed by atoms with Crippen molar-refractivity contribution in [3.8, 4) is 0 Å². The molecule has 1 fully saturated rings. The summed E-state index contributed by atoms with van der Waals surface area (Å²) in [4.78, 5) is 18.1. The first kappa shape index (κ1) is 12.4. The van der Waals surface area contributed by atoms with Crippen LogP contribution in [0.1, 0.15) is 37.7 Å². The molecule has 1 aliphatic rings. The second-order valence-electron chi connectivity index (χ2n) is 4.71. The number of urea groups is 1. The fourth-order valence-electron chi connectivity index (χ4n) is 2.00. The Morgan fingerprint density at radius 1 is 1.59 bits per heavy atom. The second kappa shape index (κ2) is 5.49. The number of carbonyl (C=O) groups excluding carboxylic acids is 1. The number of piperidine rings is 1. The highest BCUT2D eigenvalue weighted by molar-refractivity contribution is 7.09. The summed E-state index contributed by atoms with van der Waals surface area (Å²) in [6.07, 6.45) is 3.99. The Morgan fingerprint density at radius 2 is 2.29 bits per heavy atom. The number of nitrogens with zero attached hydrogens (tertiary/aromatic N) is 2. The summed E-state index contributed by atoms with van der Waals surface area (Å²) in [6.45, 7) is 5.96. The quantitative estimate of drug-likeness (QED) is 0.880. The number of hydrogen-bond acceptors (Lipinski definition) is 3. The summed E-state index contributed by atoms with van der Waals surface area (Å²) in [5.74, 6) is 0.746. The molecule has 1 saturated heterocycles. The van der Waals surface area contributed by atoms with Gasteiger partial charge in [-0.05, 0) is 25.7 Å². The molecule has 17 heavy (non-hydrogen) atoms. The number of amides is 2. The van der Waals surface area contributed by atoms with E-state index in [-0.39, 0.29) is 12.1 Å². The van der Waals surface area contributed by atoms with Gasteiger partial charge in [0, 0.05) is 24.7 Å². The fraction of sp³-hybridized carbons (Fsp3) is 0.667. The van der Waals surface area contributed by atoms with Crippen molar-refractivity contribution in [3.63, 3.8) is 0 Å². The smallest absolute Gasteiger partial charge is 0.317 e. The van der Waals surface area contributed by atoms with Gasteiger partial charge in [-0.3, -0.25) is 0 Å². The zero-order chi connectivity index (χ0) is 12.3. The van der Waals surface area contributed by atoms with E-state index in [9.17, 15) is 4.79 Å². The minimum Gasteiger partial charge on any atom is -0.329 e. The van der Waals surface area contributed by atoms with E-state index in [1.807, 2.05) is 17.2 Å². The van der Waals surface area contributed by atoms with Crippen LogP contribution in [-0.4, -0.2) is 29.0 Å². The van der Waals surface area contributed by atoms with Crippen LogP contribution in [0.25, 0.3) is 0 Å². The first-order valence-corrected chi connectivity index (χ1v) is 6.99. The highest BCUT2D eigenvalue weighted by atomic mass is 32.1. The third-order valence-electron chi connectivity index (χ3n) is 3.23. The van der Waals surface area contributed by atoms with E-state index < -0.39 is 0 Å². The molecule has 2 heterocycles. The summed E-state index contributed by atoms with van der Waals surface area (Å²) >= 11 is 1.58. The molecule has 94 valence electrons. The molecule has 0 aromatic carbocycles. The zero-order valence-electron chi connectivity index (χ0n) is 10.3. The first-order valence-electron chi connectivity index (χ1n) is 6.11. The number of likely N-dealkylation sites (tertiary alicyclic amines) is 1. The average molecular weight is 253 g/mol. The van der Waals surface area contributed by atoms with Gasteiger partial charge in [-0.2, -0.15) is 0 Å². The Hall–Kier alpha value is -1.10. The van der Waals surface area contributed by atoms with Crippen molar-refractivity contribution in [2.45, 2.75) is 32.7 Å². The molecule has 1 N–H and O–H groups in total. The number of aromatic nitrogens is 1. The van der Waals surface area contributed by atoms with Crippen molar-refractivity contribution in [2.24, 2.45) is 5.92 Å². The first-order chi connectivity index (χ1) is 8.16. The summed E-state index contributed by atoms with van der Waals surface area (Å²) in [5.41, 5.74) is 0. The molecule has 1 aliphatic heterocycles. The molecule has 4 nitrogen and oxygen atoms in total. The number of thiazole rings is 1. The molecule has 0 radical (unpaired) electrons. The van der Waals surface area contributed by atoms with Crippen molar-refractivity contribution in [1.82, 2.24) is 15.2 Å². The Balaban J connectivity index is 1.85. The molecule has 0 spiro atoms. The summed E-state index contributed by atoms with van der Waals surface area (Å²) in [6, 6.07) is 0.0430. The van der Waals surface area contributed by atoms with Gasteiger partial charge in [0.25, 0.3) is 0 Å². The van der Waals surface area contributed by atoms with Gasteiger partial charge in [-0.15, -0.1) is 11.3 Å². The average Bonchev–Trinajstić information content (AvgIpc) is 2.83. The van der Waals surface area contributed by atoms with E-state index in [4.69, 9.17) is 0 Å². The maximum atomic E-state index is 12.0. The molecule has 0 aliphatic carbocycles. The van der Waals surface area contributed by atoms with Crippen molar-refractivity contribution >= 4 is 17.4 Å². The van der Waals surface area contributed by atoms with Crippen LogP contribution in [0, 0.1) is 5.92 Å². The highest BCUT2D eigenvalue weighted by Gasteiger charge is 2.21. The van der Waals surface area contributed by atoms with Gasteiger partial charge in [0.15, 0.2) is 0 Å². The third kappa shape index (κ3) is 3.19. The van der Waals surface area contributed by atoms with Crippen molar-refractivity contribution < 1.29 is 4.79 Å². The Kier molecular flexibility index (Phi) is 3.99. The van der Waals surface area contributed by atoms with E-state index in [1.54, 1.807) is 17.5 Å². The van der Waals surface area contributed by atoms with Gasteiger partial charge in [-0.1, -0.05) is 6.92 Å². The van der Waals surface area contributed by atoms with Gasteiger partial charge in [0.2, 0.25) is 0 Å². The molecule has 0 bridgehead atoms. The van der Waals surface area contributed by atoms with Crippen LogP contribution in [0.15, 0.2) is 11.6 Å². The second-order valence-corrected chi connectivity index (χ2v) is 5.64. The number of nitrogens with one attached hydrogen (secondary N) is 1. The molecule has 1 aromatic rings. The van der Waals surface area contributed by atoms with Crippen molar-refractivity contribution in [1.29, 1.82) is 0 Å². The van der Waals surface area contributed by atoms with Crippen LogP contribution in [0.4, 0.5) is 4.79 Å². The normalized spacial score (nSPS) is 19.1. The number of hydrogen-bond donors (Lipinski definition) is 1. The molecule has 1 aromatic heterocycles. The lowest BCUT2D eigenvalue weighted by Crippen LogP contribution is -2.44. The van der Waals surface area contributed by atoms with Crippen LogP contribution in [0.5, 0.6) is 0 Å². The Morgan fingerprint density at radius 3 is 2.88 bits per heavy atom. The predicted molar refractivity (Wildman–Crippen MR) is 69.0 cm³/mol. The summed E-state index contributed by atoms with van der Waals surface area (Å²) in [5, 5.41) is 5.89. The lowest BCUT2D eigenvalue weighted by molar-refractivity contribution is 0.171. The van der Waals surface area contributed by atoms with Crippen LogP contribution in [0.2, 0.25) is 0 Å². The topological polar surface area (TPSA) is 45.2 Å². The van der Waals surface area contributed by atoms with E-state index in [0.29, 0.717) is 0 Å². The van der Waals surface area contributed by atoms with Gasteiger partial charge >= 0.3 is 6.03 Å².